The average molecular weight is 321 g/mol. The van der Waals surface area contributed by atoms with Gasteiger partial charge in [-0.25, -0.2) is 5.43 Å². The second kappa shape index (κ2) is 7.19. The van der Waals surface area contributed by atoms with E-state index in [-0.39, 0.29) is 23.7 Å². The number of allylic oxidation sites excluding steroid dienone is 1. The Labute approximate surface area is 140 Å². The van der Waals surface area contributed by atoms with Crippen molar-refractivity contribution in [1.29, 1.82) is 0 Å². The number of hydrogen-bond acceptors (Lipinski definition) is 4. The minimum atomic E-state index is -0.222. The van der Waals surface area contributed by atoms with Crippen molar-refractivity contribution in [3.05, 3.63) is 71.6 Å². The molecule has 1 aliphatic rings. The normalized spacial score (nSPS) is 17.2. The van der Waals surface area contributed by atoms with Crippen molar-refractivity contribution in [3.8, 4) is 0 Å². The van der Waals surface area contributed by atoms with E-state index < -0.39 is 0 Å². The van der Waals surface area contributed by atoms with Crippen molar-refractivity contribution in [2.75, 3.05) is 0 Å². The van der Waals surface area contributed by atoms with Crippen LogP contribution in [0.3, 0.4) is 0 Å². The molecule has 2 aromatic rings. The van der Waals surface area contributed by atoms with E-state index in [1.54, 1.807) is 24.5 Å². The highest BCUT2D eigenvalue weighted by atomic mass is 16.2. The van der Waals surface area contributed by atoms with E-state index in [9.17, 15) is 9.59 Å². The minimum Gasteiger partial charge on any atom is -0.293 e. The third kappa shape index (κ3) is 3.58. The smallest absolute Gasteiger partial charge is 0.265 e. The van der Waals surface area contributed by atoms with Crippen LogP contribution < -0.4 is 10.9 Å². The summed E-state index contributed by atoms with van der Waals surface area (Å²) in [6, 6.07) is 10.9. The van der Waals surface area contributed by atoms with Gasteiger partial charge in [0.25, 0.3) is 5.91 Å². The van der Waals surface area contributed by atoms with E-state index in [1.165, 1.54) is 0 Å². The molecule has 2 atom stereocenters. The Hall–Kier alpha value is -2.79. The molecule has 0 radical (unpaired) electrons. The second-order valence-electron chi connectivity index (χ2n) is 5.89. The lowest BCUT2D eigenvalue weighted by Crippen LogP contribution is -2.44. The first kappa shape index (κ1) is 16.1. The number of ketones is 1. The summed E-state index contributed by atoms with van der Waals surface area (Å²) < 4.78 is 0. The predicted octanol–water partition coefficient (Wildman–Crippen LogP) is 2.62. The fourth-order valence-corrected chi connectivity index (χ4v) is 2.76. The van der Waals surface area contributed by atoms with E-state index in [1.807, 2.05) is 43.3 Å². The van der Waals surface area contributed by atoms with Crippen LogP contribution in [0.5, 0.6) is 0 Å². The van der Waals surface area contributed by atoms with Crippen molar-refractivity contribution >= 4 is 17.8 Å². The Bertz CT molecular complexity index is 771. The highest BCUT2D eigenvalue weighted by Gasteiger charge is 2.24. The zero-order valence-corrected chi connectivity index (χ0v) is 13.4. The lowest BCUT2D eigenvalue weighted by molar-refractivity contribution is 0.0913. The standard InChI is InChI=1S/C19H19N3O2/c1-13(21-22-19(24)15-8-10-20-11-9-15)12-16-7-6-14-4-2-3-5-17(14)18(16)23/h2-11,13,16,21H,12H2,1H3,(H,22,24). The van der Waals surface area contributed by atoms with Gasteiger partial charge in [-0.15, -0.1) is 0 Å². The van der Waals surface area contributed by atoms with Crippen LogP contribution in [-0.4, -0.2) is 22.7 Å². The molecular formula is C19H19N3O2. The third-order valence-electron chi connectivity index (χ3n) is 4.05. The molecule has 1 aliphatic carbocycles. The molecule has 0 aliphatic heterocycles. The van der Waals surface area contributed by atoms with Gasteiger partial charge < -0.3 is 0 Å². The average Bonchev–Trinajstić information content (AvgIpc) is 2.63. The van der Waals surface area contributed by atoms with Crippen molar-refractivity contribution in [1.82, 2.24) is 15.8 Å². The molecule has 0 saturated carbocycles. The van der Waals surface area contributed by atoms with Crippen molar-refractivity contribution in [3.63, 3.8) is 0 Å². The summed E-state index contributed by atoms with van der Waals surface area (Å²) in [5, 5.41) is 0. The molecule has 0 bridgehead atoms. The molecule has 5 nitrogen and oxygen atoms in total. The van der Waals surface area contributed by atoms with Crippen LogP contribution in [0, 0.1) is 5.92 Å². The summed E-state index contributed by atoms with van der Waals surface area (Å²) in [5.41, 5.74) is 7.90. The zero-order chi connectivity index (χ0) is 16.9. The summed E-state index contributed by atoms with van der Waals surface area (Å²) in [6.07, 6.45) is 7.68. The van der Waals surface area contributed by atoms with E-state index in [0.29, 0.717) is 12.0 Å². The number of aromatic nitrogens is 1. The number of hydrazine groups is 1. The molecule has 0 spiro atoms. The Morgan fingerprint density at radius 2 is 1.96 bits per heavy atom. The Kier molecular flexibility index (Phi) is 4.82. The number of carbonyl (C=O) groups excluding carboxylic acids is 2. The lowest BCUT2D eigenvalue weighted by Gasteiger charge is -2.22. The van der Waals surface area contributed by atoms with E-state index in [2.05, 4.69) is 15.8 Å². The Morgan fingerprint density at radius 1 is 1.21 bits per heavy atom. The number of nitrogens with one attached hydrogen (secondary N) is 2. The van der Waals surface area contributed by atoms with Gasteiger partial charge in [0.2, 0.25) is 0 Å². The largest absolute Gasteiger partial charge is 0.293 e. The zero-order valence-electron chi connectivity index (χ0n) is 13.4. The van der Waals surface area contributed by atoms with E-state index in [0.717, 1.165) is 11.1 Å². The number of benzene rings is 1. The molecule has 3 rings (SSSR count). The van der Waals surface area contributed by atoms with Gasteiger partial charge in [-0.2, -0.15) is 0 Å². The fourth-order valence-electron chi connectivity index (χ4n) is 2.76. The lowest BCUT2D eigenvalue weighted by atomic mass is 9.85. The molecule has 0 fully saturated rings. The first-order chi connectivity index (χ1) is 11.6. The number of hydrogen-bond donors (Lipinski definition) is 2. The summed E-state index contributed by atoms with van der Waals surface area (Å²) in [5.74, 6) is -0.275. The van der Waals surface area contributed by atoms with E-state index >= 15 is 0 Å². The monoisotopic (exact) mass is 321 g/mol. The van der Waals surface area contributed by atoms with Crippen LogP contribution in [0.15, 0.2) is 54.9 Å². The topological polar surface area (TPSA) is 71.1 Å². The highest BCUT2D eigenvalue weighted by molar-refractivity contribution is 6.04. The van der Waals surface area contributed by atoms with Crippen LogP contribution in [-0.2, 0) is 0 Å². The van der Waals surface area contributed by atoms with Gasteiger partial charge in [-0.05, 0) is 31.0 Å². The molecule has 2 unspecified atom stereocenters. The van der Waals surface area contributed by atoms with Crippen LogP contribution in [0.4, 0.5) is 0 Å². The molecule has 1 heterocycles. The maximum Gasteiger partial charge on any atom is 0.265 e. The van der Waals surface area contributed by atoms with Gasteiger partial charge in [0.15, 0.2) is 5.78 Å². The highest BCUT2D eigenvalue weighted by Crippen LogP contribution is 2.25. The molecule has 1 amide bonds. The number of rotatable bonds is 5. The molecule has 2 N–H and O–H groups in total. The number of amides is 1. The molecule has 24 heavy (non-hydrogen) atoms. The minimum absolute atomic E-state index is 0.0420. The number of Topliss-reactive ketones (excluding diaryl/α,β-unsaturated/α-hetero) is 1. The second-order valence-corrected chi connectivity index (χ2v) is 5.89. The quantitative estimate of drug-likeness (QED) is 0.831. The maximum absolute atomic E-state index is 12.5. The molecule has 0 saturated heterocycles. The Morgan fingerprint density at radius 3 is 2.75 bits per heavy atom. The molecular weight excluding hydrogens is 302 g/mol. The van der Waals surface area contributed by atoms with Crippen LogP contribution >= 0.6 is 0 Å². The maximum atomic E-state index is 12.5. The van der Waals surface area contributed by atoms with Crippen LogP contribution in [0.1, 0.15) is 39.6 Å². The van der Waals surface area contributed by atoms with Gasteiger partial charge in [-0.1, -0.05) is 36.4 Å². The number of fused-ring (bicyclic) bond motifs is 1. The van der Waals surface area contributed by atoms with Crippen LogP contribution in [0.2, 0.25) is 0 Å². The van der Waals surface area contributed by atoms with Crippen LogP contribution in [0.25, 0.3) is 6.08 Å². The molecule has 122 valence electrons. The van der Waals surface area contributed by atoms with Gasteiger partial charge in [0.05, 0.1) is 0 Å². The third-order valence-corrected chi connectivity index (χ3v) is 4.05. The summed E-state index contributed by atoms with van der Waals surface area (Å²) in [6.45, 7) is 1.94. The summed E-state index contributed by atoms with van der Waals surface area (Å²) in [4.78, 5) is 28.4. The molecule has 5 heteroatoms. The summed E-state index contributed by atoms with van der Waals surface area (Å²) in [7, 11) is 0. The van der Waals surface area contributed by atoms with Gasteiger partial charge >= 0.3 is 0 Å². The number of carbonyl (C=O) groups is 2. The first-order valence-corrected chi connectivity index (χ1v) is 7.92. The molecule has 1 aromatic carbocycles. The first-order valence-electron chi connectivity index (χ1n) is 7.92. The van der Waals surface area contributed by atoms with Crippen molar-refractivity contribution in [2.24, 2.45) is 5.92 Å². The fraction of sp³-hybridized carbons (Fsp3) is 0.211. The van der Waals surface area contributed by atoms with Gasteiger partial charge in [0.1, 0.15) is 0 Å². The van der Waals surface area contributed by atoms with Crippen molar-refractivity contribution in [2.45, 2.75) is 19.4 Å². The number of pyridine rings is 1. The predicted molar refractivity (Wildman–Crippen MR) is 92.2 cm³/mol. The SMILES string of the molecule is CC(CC1C=Cc2ccccc2C1=O)NNC(=O)c1ccncc1. The van der Waals surface area contributed by atoms with Crippen molar-refractivity contribution < 1.29 is 9.59 Å². The van der Waals surface area contributed by atoms with E-state index in [4.69, 9.17) is 0 Å². The Balaban J connectivity index is 1.55. The molecule has 1 aromatic heterocycles. The summed E-state index contributed by atoms with van der Waals surface area (Å²) >= 11 is 0. The van der Waals surface area contributed by atoms with Gasteiger partial charge in [-0.3, -0.25) is 20.0 Å². The van der Waals surface area contributed by atoms with Gasteiger partial charge in [0, 0.05) is 35.5 Å². The number of nitrogens with zero attached hydrogens (tertiary/aromatic N) is 1.